The van der Waals surface area contributed by atoms with Crippen molar-refractivity contribution in [1.29, 1.82) is 0 Å². The molecule has 5 nitrogen and oxygen atoms in total. The minimum absolute atomic E-state index is 0.0978. The molecule has 1 N–H and O–H groups in total. The van der Waals surface area contributed by atoms with Crippen molar-refractivity contribution in [3.05, 3.63) is 120 Å². The van der Waals surface area contributed by atoms with Gasteiger partial charge in [0.2, 0.25) is 0 Å². The number of nitrogens with one attached hydrogen (secondary N) is 1. The van der Waals surface area contributed by atoms with Crippen LogP contribution in [0.25, 0.3) is 0 Å². The summed E-state index contributed by atoms with van der Waals surface area (Å²) in [4.78, 5) is 12.6. The van der Waals surface area contributed by atoms with Gasteiger partial charge >= 0.3 is 0 Å². The third-order valence-corrected chi connectivity index (χ3v) is 4.81. The van der Waals surface area contributed by atoms with Crippen LogP contribution >= 0.6 is 0 Å². The van der Waals surface area contributed by atoms with Gasteiger partial charge in [-0.15, -0.1) is 0 Å². The van der Waals surface area contributed by atoms with Gasteiger partial charge in [0.1, 0.15) is 12.4 Å². The van der Waals surface area contributed by atoms with Crippen LogP contribution in [-0.2, 0) is 19.7 Å². The standard InChI is InChI=1S/C25H23N3O2/c29-25(21-13-11-20(12-14-21)19-30-24-9-2-1-3-10-24)26-17-22-7-4-5-8-23(22)18-28-16-6-15-27-28/h1-16H,17-19H2,(H,26,29). The molecule has 1 amide bonds. The number of carbonyl (C=O) groups is 1. The Labute approximate surface area is 175 Å². The number of amides is 1. The van der Waals surface area contributed by atoms with Gasteiger partial charge in [-0.2, -0.15) is 5.10 Å². The van der Waals surface area contributed by atoms with Crippen molar-refractivity contribution >= 4 is 5.91 Å². The highest BCUT2D eigenvalue weighted by Gasteiger charge is 2.08. The van der Waals surface area contributed by atoms with Crippen LogP contribution in [0.1, 0.15) is 27.0 Å². The van der Waals surface area contributed by atoms with Crippen LogP contribution < -0.4 is 10.1 Å². The molecule has 0 aliphatic carbocycles. The summed E-state index contributed by atoms with van der Waals surface area (Å²) in [7, 11) is 0. The highest BCUT2D eigenvalue weighted by Crippen LogP contribution is 2.13. The topological polar surface area (TPSA) is 56.2 Å². The minimum atomic E-state index is -0.0978. The molecule has 1 aromatic heterocycles. The number of carbonyl (C=O) groups excluding carboxylic acids is 1. The summed E-state index contributed by atoms with van der Waals surface area (Å²) < 4.78 is 7.62. The Hall–Kier alpha value is -3.86. The zero-order valence-corrected chi connectivity index (χ0v) is 16.6. The second kappa shape index (κ2) is 9.56. The molecule has 0 bridgehead atoms. The maximum atomic E-state index is 12.6. The van der Waals surface area contributed by atoms with Gasteiger partial charge in [0.05, 0.1) is 6.54 Å². The van der Waals surface area contributed by atoms with Gasteiger partial charge in [-0.25, -0.2) is 0 Å². The first-order chi connectivity index (χ1) is 14.8. The largest absolute Gasteiger partial charge is 0.489 e. The lowest BCUT2D eigenvalue weighted by atomic mass is 10.1. The molecular formula is C25H23N3O2. The van der Waals surface area contributed by atoms with Gasteiger partial charge in [-0.05, 0) is 47.0 Å². The summed E-state index contributed by atoms with van der Waals surface area (Å²) in [6, 6.07) is 27.2. The number of para-hydroxylation sites is 1. The van der Waals surface area contributed by atoms with Gasteiger partial charge in [0.15, 0.2) is 0 Å². The highest BCUT2D eigenvalue weighted by molar-refractivity contribution is 5.94. The fourth-order valence-corrected chi connectivity index (χ4v) is 3.17. The first kappa shape index (κ1) is 19.5. The van der Waals surface area contributed by atoms with E-state index in [1.807, 2.05) is 89.7 Å². The maximum absolute atomic E-state index is 12.6. The van der Waals surface area contributed by atoms with Crippen LogP contribution in [0.5, 0.6) is 5.75 Å². The van der Waals surface area contributed by atoms with E-state index in [1.54, 1.807) is 6.20 Å². The predicted octanol–water partition coefficient (Wildman–Crippen LogP) is 4.44. The lowest BCUT2D eigenvalue weighted by Crippen LogP contribution is -2.23. The maximum Gasteiger partial charge on any atom is 0.251 e. The van der Waals surface area contributed by atoms with Crippen LogP contribution in [0.3, 0.4) is 0 Å². The van der Waals surface area contributed by atoms with E-state index in [2.05, 4.69) is 16.5 Å². The van der Waals surface area contributed by atoms with E-state index < -0.39 is 0 Å². The molecule has 30 heavy (non-hydrogen) atoms. The first-order valence-electron chi connectivity index (χ1n) is 9.87. The molecule has 3 aromatic carbocycles. The fraction of sp³-hybridized carbons (Fsp3) is 0.120. The molecule has 0 radical (unpaired) electrons. The van der Waals surface area contributed by atoms with Crippen molar-refractivity contribution in [2.45, 2.75) is 19.7 Å². The van der Waals surface area contributed by atoms with Gasteiger partial charge in [0.25, 0.3) is 5.91 Å². The number of nitrogens with zero attached hydrogens (tertiary/aromatic N) is 2. The molecule has 0 fully saturated rings. The van der Waals surface area contributed by atoms with Gasteiger partial charge in [-0.3, -0.25) is 9.48 Å². The molecule has 0 spiro atoms. The quantitative estimate of drug-likeness (QED) is 0.478. The summed E-state index contributed by atoms with van der Waals surface area (Å²) in [5, 5.41) is 7.27. The van der Waals surface area contributed by atoms with E-state index in [-0.39, 0.29) is 5.91 Å². The Balaban J connectivity index is 1.33. The average molecular weight is 397 g/mol. The second-order valence-corrected chi connectivity index (χ2v) is 6.95. The van der Waals surface area contributed by atoms with Crippen LogP contribution in [0.2, 0.25) is 0 Å². The summed E-state index contributed by atoms with van der Waals surface area (Å²) >= 11 is 0. The van der Waals surface area contributed by atoms with Crippen molar-refractivity contribution in [1.82, 2.24) is 15.1 Å². The molecule has 5 heteroatoms. The van der Waals surface area contributed by atoms with E-state index in [9.17, 15) is 4.79 Å². The second-order valence-electron chi connectivity index (χ2n) is 6.95. The highest BCUT2D eigenvalue weighted by atomic mass is 16.5. The Morgan fingerprint density at radius 1 is 0.867 bits per heavy atom. The van der Waals surface area contributed by atoms with Crippen LogP contribution in [0.15, 0.2) is 97.3 Å². The van der Waals surface area contributed by atoms with E-state index in [4.69, 9.17) is 4.74 Å². The summed E-state index contributed by atoms with van der Waals surface area (Å²) in [6.07, 6.45) is 3.69. The Bertz CT molecular complexity index is 1080. The number of ether oxygens (including phenoxy) is 1. The number of hydrogen-bond donors (Lipinski definition) is 1. The molecule has 0 atom stereocenters. The molecule has 0 saturated heterocycles. The molecular weight excluding hydrogens is 374 g/mol. The molecule has 4 aromatic rings. The van der Waals surface area contributed by atoms with Crippen LogP contribution in [-0.4, -0.2) is 15.7 Å². The lowest BCUT2D eigenvalue weighted by Gasteiger charge is -2.11. The van der Waals surface area contributed by atoms with E-state index in [1.165, 1.54) is 0 Å². The Kier molecular flexibility index (Phi) is 6.20. The SMILES string of the molecule is O=C(NCc1ccccc1Cn1cccn1)c1ccc(COc2ccccc2)cc1. The zero-order chi connectivity index (χ0) is 20.6. The van der Waals surface area contributed by atoms with Crippen LogP contribution in [0, 0.1) is 0 Å². The fourth-order valence-electron chi connectivity index (χ4n) is 3.17. The Morgan fingerprint density at radius 3 is 2.33 bits per heavy atom. The first-order valence-corrected chi connectivity index (χ1v) is 9.87. The van der Waals surface area contributed by atoms with E-state index >= 15 is 0 Å². The van der Waals surface area contributed by atoms with E-state index in [0.717, 1.165) is 22.4 Å². The summed E-state index contributed by atoms with van der Waals surface area (Å²) in [5.74, 6) is 0.729. The normalized spacial score (nSPS) is 10.5. The van der Waals surface area contributed by atoms with Crippen molar-refractivity contribution in [2.24, 2.45) is 0 Å². The van der Waals surface area contributed by atoms with Crippen molar-refractivity contribution in [3.63, 3.8) is 0 Å². The molecule has 0 aliphatic heterocycles. The van der Waals surface area contributed by atoms with Gasteiger partial charge in [-0.1, -0.05) is 54.6 Å². The molecule has 0 aliphatic rings. The third-order valence-electron chi connectivity index (χ3n) is 4.81. The van der Waals surface area contributed by atoms with Crippen LogP contribution in [0.4, 0.5) is 0 Å². The monoisotopic (exact) mass is 397 g/mol. The van der Waals surface area contributed by atoms with Crippen molar-refractivity contribution in [2.75, 3.05) is 0 Å². The number of aromatic nitrogens is 2. The number of benzene rings is 3. The number of rotatable bonds is 8. The molecule has 150 valence electrons. The smallest absolute Gasteiger partial charge is 0.251 e. The van der Waals surface area contributed by atoms with Gasteiger partial charge < -0.3 is 10.1 Å². The zero-order valence-electron chi connectivity index (χ0n) is 16.6. The number of hydrogen-bond acceptors (Lipinski definition) is 3. The third kappa shape index (κ3) is 5.14. The summed E-state index contributed by atoms with van der Waals surface area (Å²) in [6.45, 7) is 1.61. The predicted molar refractivity (Wildman–Crippen MR) is 116 cm³/mol. The molecule has 0 saturated carbocycles. The molecule has 4 rings (SSSR count). The van der Waals surface area contributed by atoms with E-state index in [0.29, 0.717) is 25.3 Å². The van der Waals surface area contributed by atoms with Crippen molar-refractivity contribution < 1.29 is 9.53 Å². The average Bonchev–Trinajstić information content (AvgIpc) is 3.31. The molecule has 0 unspecified atom stereocenters. The molecule has 1 heterocycles. The van der Waals surface area contributed by atoms with Crippen molar-refractivity contribution in [3.8, 4) is 5.75 Å². The Morgan fingerprint density at radius 2 is 1.60 bits per heavy atom. The summed E-state index contributed by atoms with van der Waals surface area (Å²) in [5.41, 5.74) is 3.85. The lowest BCUT2D eigenvalue weighted by molar-refractivity contribution is 0.0951. The minimum Gasteiger partial charge on any atom is -0.489 e. The van der Waals surface area contributed by atoms with Gasteiger partial charge in [0, 0.05) is 24.5 Å².